The minimum atomic E-state index is -1.16. The second-order valence-corrected chi connectivity index (χ2v) is 4.30. The molecule has 0 aromatic carbocycles. The standard InChI is InChI=1S/C16H15N3O6/c1-23-14(20)6-11(7-17)10(4-12(8-18)15(21)24-2)5-13(9-19)16(22)25-3/h4-5,11,18H,6H2,1-3H3. The van der Waals surface area contributed by atoms with Crippen LogP contribution in [0.15, 0.2) is 28.9 Å². The Morgan fingerprint density at radius 2 is 1.64 bits per heavy atom. The van der Waals surface area contributed by atoms with Crippen LogP contribution in [-0.2, 0) is 28.6 Å². The van der Waals surface area contributed by atoms with Gasteiger partial charge >= 0.3 is 17.9 Å². The molecule has 0 aromatic heterocycles. The third-order valence-electron chi connectivity index (χ3n) is 2.84. The Bertz CT molecular complexity index is 745. The summed E-state index contributed by atoms with van der Waals surface area (Å²) in [7, 11) is 3.27. The van der Waals surface area contributed by atoms with Gasteiger partial charge in [0.1, 0.15) is 17.2 Å². The molecule has 0 amide bonds. The molecule has 0 saturated carbocycles. The monoisotopic (exact) mass is 345 g/mol. The highest BCUT2D eigenvalue weighted by Crippen LogP contribution is 2.21. The first kappa shape index (κ1) is 21.3. The van der Waals surface area contributed by atoms with Crippen LogP contribution in [0, 0.1) is 34.0 Å². The molecule has 0 aliphatic carbocycles. The van der Waals surface area contributed by atoms with Gasteiger partial charge in [0.15, 0.2) is 0 Å². The maximum Gasteiger partial charge on any atom is 0.348 e. The van der Waals surface area contributed by atoms with Crippen molar-refractivity contribution in [3.63, 3.8) is 0 Å². The van der Waals surface area contributed by atoms with Crippen molar-refractivity contribution in [2.45, 2.75) is 6.42 Å². The molecule has 0 saturated heterocycles. The van der Waals surface area contributed by atoms with E-state index in [-0.39, 0.29) is 11.1 Å². The number of hydrogen-bond acceptors (Lipinski definition) is 9. The summed E-state index contributed by atoms with van der Waals surface area (Å²) in [5.74, 6) is -1.95. The first-order valence-electron chi connectivity index (χ1n) is 6.64. The summed E-state index contributed by atoms with van der Waals surface area (Å²) in [4.78, 5) is 34.6. The van der Waals surface area contributed by atoms with Gasteiger partial charge in [-0.3, -0.25) is 10.2 Å². The maximum atomic E-state index is 11.6. The lowest BCUT2D eigenvalue weighted by molar-refractivity contribution is -0.141. The molecule has 25 heavy (non-hydrogen) atoms. The number of hydrogen-bond donors (Lipinski definition) is 1. The van der Waals surface area contributed by atoms with Crippen LogP contribution < -0.4 is 0 Å². The number of nitrogens with one attached hydrogen (secondary N) is 1. The minimum Gasteiger partial charge on any atom is -0.469 e. The fraction of sp³-hybridized carbons (Fsp3) is 0.312. The van der Waals surface area contributed by atoms with E-state index in [1.165, 1.54) is 0 Å². The third kappa shape index (κ3) is 6.53. The van der Waals surface area contributed by atoms with E-state index in [0.29, 0.717) is 0 Å². The SMILES string of the molecule is COC(=O)CC(C#N)C(C=C(C#N)C(=O)OC)=CC(=C=N)C(=O)OC. The average Bonchev–Trinajstić information content (AvgIpc) is 2.65. The quantitative estimate of drug-likeness (QED) is 0.176. The van der Waals surface area contributed by atoms with E-state index in [0.717, 1.165) is 33.5 Å². The fourth-order valence-corrected chi connectivity index (χ4v) is 1.57. The first-order valence-corrected chi connectivity index (χ1v) is 6.64. The van der Waals surface area contributed by atoms with Crippen molar-refractivity contribution >= 4 is 23.8 Å². The lowest BCUT2D eigenvalue weighted by Crippen LogP contribution is -2.13. The van der Waals surface area contributed by atoms with Gasteiger partial charge in [-0.1, -0.05) is 0 Å². The number of esters is 3. The fourth-order valence-electron chi connectivity index (χ4n) is 1.57. The summed E-state index contributed by atoms with van der Waals surface area (Å²) in [6.07, 6.45) is 1.61. The molecule has 1 N–H and O–H groups in total. The summed E-state index contributed by atoms with van der Waals surface area (Å²) in [5, 5.41) is 25.4. The largest absolute Gasteiger partial charge is 0.469 e. The van der Waals surface area contributed by atoms with Crippen LogP contribution in [0.25, 0.3) is 0 Å². The highest BCUT2D eigenvalue weighted by atomic mass is 16.5. The van der Waals surface area contributed by atoms with Gasteiger partial charge in [0.2, 0.25) is 0 Å². The number of carbonyl (C=O) groups excluding carboxylic acids is 3. The van der Waals surface area contributed by atoms with Crippen LogP contribution >= 0.6 is 0 Å². The van der Waals surface area contributed by atoms with Crippen LogP contribution in [0.2, 0.25) is 0 Å². The van der Waals surface area contributed by atoms with Gasteiger partial charge in [-0.15, -0.1) is 0 Å². The van der Waals surface area contributed by atoms with Crippen LogP contribution in [0.3, 0.4) is 0 Å². The van der Waals surface area contributed by atoms with Crippen molar-refractivity contribution in [1.82, 2.24) is 0 Å². The summed E-state index contributed by atoms with van der Waals surface area (Å²) >= 11 is 0. The van der Waals surface area contributed by atoms with Crippen molar-refractivity contribution in [3.8, 4) is 12.1 Å². The molecule has 0 radical (unpaired) electrons. The third-order valence-corrected chi connectivity index (χ3v) is 2.84. The molecule has 9 nitrogen and oxygen atoms in total. The smallest absolute Gasteiger partial charge is 0.348 e. The van der Waals surface area contributed by atoms with Crippen LogP contribution in [0.1, 0.15) is 6.42 Å². The summed E-state index contributed by atoms with van der Waals surface area (Å²) in [6, 6.07) is 3.40. The first-order chi connectivity index (χ1) is 11.9. The normalized spacial score (nSPS) is 11.9. The number of methoxy groups -OCH3 is 3. The molecule has 0 aliphatic heterocycles. The van der Waals surface area contributed by atoms with Crippen molar-refractivity contribution in [3.05, 3.63) is 28.9 Å². The van der Waals surface area contributed by atoms with E-state index >= 15 is 0 Å². The Kier molecular flexibility index (Phi) is 9.34. The zero-order valence-electron chi connectivity index (χ0n) is 13.8. The second-order valence-electron chi connectivity index (χ2n) is 4.30. The molecule has 0 heterocycles. The molecule has 9 heteroatoms. The van der Waals surface area contributed by atoms with Crippen LogP contribution in [0.5, 0.6) is 0 Å². The molecule has 1 unspecified atom stereocenters. The van der Waals surface area contributed by atoms with Gasteiger partial charge in [0, 0.05) is 0 Å². The second kappa shape index (κ2) is 10.9. The topological polar surface area (TPSA) is 150 Å². The van der Waals surface area contributed by atoms with Gasteiger partial charge in [0.05, 0.1) is 39.7 Å². The van der Waals surface area contributed by atoms with E-state index in [1.54, 1.807) is 6.07 Å². The predicted molar refractivity (Wildman–Crippen MR) is 82.8 cm³/mol. The Morgan fingerprint density at radius 3 is 2.04 bits per heavy atom. The Balaban J connectivity index is 6.27. The average molecular weight is 345 g/mol. The van der Waals surface area contributed by atoms with Gasteiger partial charge in [-0.25, -0.2) is 9.59 Å². The lowest BCUT2D eigenvalue weighted by atomic mass is 9.93. The highest BCUT2D eigenvalue weighted by molar-refractivity contribution is 6.00. The number of nitriles is 2. The van der Waals surface area contributed by atoms with Crippen molar-refractivity contribution in [2.24, 2.45) is 5.92 Å². The van der Waals surface area contributed by atoms with Gasteiger partial charge in [-0.05, 0) is 23.6 Å². The molecule has 0 aromatic rings. The molecule has 130 valence electrons. The molecule has 0 fully saturated rings. The lowest BCUT2D eigenvalue weighted by Gasteiger charge is -2.10. The Labute approximate surface area is 143 Å². The number of carbonyl (C=O) groups is 3. The molecule has 0 bridgehead atoms. The van der Waals surface area contributed by atoms with E-state index in [2.05, 4.69) is 14.2 Å². The highest BCUT2D eigenvalue weighted by Gasteiger charge is 2.21. The Hall–Kier alpha value is -3.68. The molecule has 0 aliphatic rings. The number of nitrogens with zero attached hydrogens (tertiary/aromatic N) is 2. The number of allylic oxidation sites excluding steroid dienone is 2. The summed E-state index contributed by atoms with van der Waals surface area (Å²) < 4.78 is 13.4. The van der Waals surface area contributed by atoms with E-state index in [9.17, 15) is 19.6 Å². The van der Waals surface area contributed by atoms with Crippen molar-refractivity contribution in [2.75, 3.05) is 21.3 Å². The van der Waals surface area contributed by atoms with Gasteiger partial charge < -0.3 is 14.2 Å². The minimum absolute atomic E-state index is 0.0602. The molecule has 0 spiro atoms. The molecular weight excluding hydrogens is 330 g/mol. The zero-order chi connectivity index (χ0) is 19.4. The van der Waals surface area contributed by atoms with E-state index in [1.807, 2.05) is 11.9 Å². The summed E-state index contributed by atoms with van der Waals surface area (Å²) in [6.45, 7) is 0. The Morgan fingerprint density at radius 1 is 1.04 bits per heavy atom. The van der Waals surface area contributed by atoms with Crippen molar-refractivity contribution < 1.29 is 28.6 Å². The molecular formula is C16H15N3O6. The summed E-state index contributed by atoms with van der Waals surface area (Å²) in [5.41, 5.74) is -0.899. The van der Waals surface area contributed by atoms with E-state index < -0.39 is 35.8 Å². The number of rotatable bonds is 7. The van der Waals surface area contributed by atoms with Gasteiger partial charge in [0.25, 0.3) is 0 Å². The number of ether oxygens (including phenoxy) is 3. The van der Waals surface area contributed by atoms with Gasteiger partial charge in [-0.2, -0.15) is 10.5 Å². The molecule has 0 rings (SSSR count). The van der Waals surface area contributed by atoms with Crippen LogP contribution in [0.4, 0.5) is 0 Å². The van der Waals surface area contributed by atoms with Crippen LogP contribution in [-0.4, -0.2) is 45.1 Å². The molecule has 1 atom stereocenters. The van der Waals surface area contributed by atoms with E-state index in [4.69, 9.17) is 10.7 Å². The predicted octanol–water partition coefficient (Wildman–Crippen LogP) is 0.587. The maximum absolute atomic E-state index is 11.6. The zero-order valence-corrected chi connectivity index (χ0v) is 13.8. The van der Waals surface area contributed by atoms with Crippen molar-refractivity contribution in [1.29, 1.82) is 15.9 Å².